The third-order valence-electron chi connectivity index (χ3n) is 2.50. The van der Waals surface area contributed by atoms with Gasteiger partial charge >= 0.3 is 11.9 Å². The zero-order valence-electron chi connectivity index (χ0n) is 10.3. The molecule has 1 heterocycles. The van der Waals surface area contributed by atoms with Crippen molar-refractivity contribution >= 4 is 5.97 Å². The fourth-order valence-corrected chi connectivity index (χ4v) is 1.64. The summed E-state index contributed by atoms with van der Waals surface area (Å²) in [5.41, 5.74) is 1.94. The number of hydrogen-bond donors (Lipinski definition) is 0. The Morgan fingerprint density at radius 2 is 2.06 bits per heavy atom. The second-order valence-corrected chi connectivity index (χ2v) is 3.64. The number of esters is 1. The molecule has 0 radical (unpaired) electrons. The number of aromatic nitrogens is 2. The third-order valence-corrected chi connectivity index (χ3v) is 2.50. The average Bonchev–Trinajstić information content (AvgIpc) is 2.88. The summed E-state index contributed by atoms with van der Waals surface area (Å²) in [6.07, 6.45) is 0.854. The van der Waals surface area contributed by atoms with Crippen molar-refractivity contribution in [3.8, 4) is 11.5 Å². The Morgan fingerprint density at radius 1 is 1.28 bits per heavy atom. The Bertz CT molecular complexity index is 549. The van der Waals surface area contributed by atoms with E-state index in [1.807, 2.05) is 31.2 Å². The molecule has 2 rings (SSSR count). The fourth-order valence-electron chi connectivity index (χ4n) is 1.64. The first kappa shape index (κ1) is 12.3. The molecule has 0 atom stereocenters. The minimum Gasteiger partial charge on any atom is -0.459 e. The predicted octanol–water partition coefficient (Wildman–Crippen LogP) is 2.48. The second-order valence-electron chi connectivity index (χ2n) is 3.64. The Labute approximate surface area is 105 Å². The summed E-state index contributed by atoms with van der Waals surface area (Å²) in [5.74, 6) is -0.363. The molecular formula is C13H14N2O3. The summed E-state index contributed by atoms with van der Waals surface area (Å²) in [5, 5.41) is 7.58. The second kappa shape index (κ2) is 5.44. The third kappa shape index (κ3) is 2.40. The van der Waals surface area contributed by atoms with Crippen LogP contribution in [0.1, 0.15) is 30.1 Å². The van der Waals surface area contributed by atoms with Crippen LogP contribution in [0.4, 0.5) is 0 Å². The molecule has 0 saturated heterocycles. The van der Waals surface area contributed by atoms with Crippen molar-refractivity contribution < 1.29 is 13.9 Å². The lowest BCUT2D eigenvalue weighted by molar-refractivity contribution is 0.0481. The lowest BCUT2D eigenvalue weighted by Gasteiger charge is -2.01. The quantitative estimate of drug-likeness (QED) is 0.775. The van der Waals surface area contributed by atoms with Crippen molar-refractivity contribution in [2.24, 2.45) is 0 Å². The summed E-state index contributed by atoms with van der Waals surface area (Å²) >= 11 is 0. The highest BCUT2D eigenvalue weighted by Crippen LogP contribution is 2.22. The number of carbonyl (C=O) groups is 1. The number of nitrogens with zero attached hydrogens (tertiary/aromatic N) is 2. The molecule has 0 aliphatic heterocycles. The molecule has 5 heteroatoms. The molecule has 0 spiro atoms. The van der Waals surface area contributed by atoms with E-state index in [1.165, 1.54) is 0 Å². The summed E-state index contributed by atoms with van der Waals surface area (Å²) < 4.78 is 10.1. The Morgan fingerprint density at radius 3 is 2.78 bits per heavy atom. The van der Waals surface area contributed by atoms with Gasteiger partial charge in [-0.15, -0.1) is 10.2 Å². The molecule has 1 aromatic heterocycles. The monoisotopic (exact) mass is 246 g/mol. The van der Waals surface area contributed by atoms with Crippen LogP contribution in [-0.4, -0.2) is 22.8 Å². The average molecular weight is 246 g/mol. The van der Waals surface area contributed by atoms with Gasteiger partial charge in [-0.05, 0) is 25.0 Å². The van der Waals surface area contributed by atoms with Gasteiger partial charge in [0, 0.05) is 5.56 Å². The van der Waals surface area contributed by atoms with Crippen LogP contribution in [0.3, 0.4) is 0 Å². The highest BCUT2D eigenvalue weighted by Gasteiger charge is 2.17. The number of ether oxygens (including phenoxy) is 1. The molecule has 0 N–H and O–H groups in total. The van der Waals surface area contributed by atoms with Gasteiger partial charge in [0.25, 0.3) is 0 Å². The molecule has 94 valence electrons. The van der Waals surface area contributed by atoms with Gasteiger partial charge in [0.15, 0.2) is 0 Å². The van der Waals surface area contributed by atoms with Crippen LogP contribution in [0.2, 0.25) is 0 Å². The normalized spacial score (nSPS) is 10.3. The molecule has 0 unspecified atom stereocenters. The van der Waals surface area contributed by atoms with E-state index >= 15 is 0 Å². The van der Waals surface area contributed by atoms with E-state index in [4.69, 9.17) is 9.15 Å². The smallest absolute Gasteiger partial charge is 0.396 e. The number of carbonyl (C=O) groups excluding carboxylic acids is 1. The number of hydrogen-bond acceptors (Lipinski definition) is 5. The Balaban J connectivity index is 2.32. The number of benzene rings is 1. The molecule has 0 fully saturated rings. The first-order chi connectivity index (χ1) is 8.76. The standard InChI is InChI=1S/C13H14N2O3/c1-3-9-7-5-6-8-10(9)11-14-15-12(18-11)13(16)17-4-2/h5-8H,3-4H2,1-2H3. The highest BCUT2D eigenvalue weighted by atomic mass is 16.5. The van der Waals surface area contributed by atoms with Crippen molar-refractivity contribution in [3.05, 3.63) is 35.7 Å². The summed E-state index contributed by atoms with van der Waals surface area (Å²) in [7, 11) is 0. The molecule has 2 aromatic rings. The zero-order valence-corrected chi connectivity index (χ0v) is 10.3. The molecule has 0 amide bonds. The maximum atomic E-state index is 11.4. The van der Waals surface area contributed by atoms with Gasteiger partial charge in [-0.2, -0.15) is 0 Å². The highest BCUT2D eigenvalue weighted by molar-refractivity contribution is 5.84. The Kier molecular flexibility index (Phi) is 3.72. The maximum absolute atomic E-state index is 11.4. The summed E-state index contributed by atoms with van der Waals surface area (Å²) in [6.45, 7) is 4.05. The van der Waals surface area contributed by atoms with E-state index in [2.05, 4.69) is 10.2 Å². The van der Waals surface area contributed by atoms with Crippen molar-refractivity contribution in [2.45, 2.75) is 20.3 Å². The molecule has 0 saturated carbocycles. The van der Waals surface area contributed by atoms with Crippen molar-refractivity contribution in [2.75, 3.05) is 6.61 Å². The first-order valence-electron chi connectivity index (χ1n) is 5.85. The van der Waals surface area contributed by atoms with Crippen LogP contribution in [-0.2, 0) is 11.2 Å². The molecule has 0 bridgehead atoms. The van der Waals surface area contributed by atoms with Gasteiger partial charge in [0.05, 0.1) is 6.61 Å². The van der Waals surface area contributed by atoms with E-state index in [0.717, 1.165) is 17.5 Å². The van der Waals surface area contributed by atoms with Gasteiger partial charge in [0.1, 0.15) is 0 Å². The van der Waals surface area contributed by atoms with Gasteiger partial charge in [0.2, 0.25) is 5.89 Å². The largest absolute Gasteiger partial charge is 0.459 e. The van der Waals surface area contributed by atoms with E-state index in [1.54, 1.807) is 6.92 Å². The van der Waals surface area contributed by atoms with Gasteiger partial charge < -0.3 is 9.15 Å². The van der Waals surface area contributed by atoms with Crippen LogP contribution in [0.15, 0.2) is 28.7 Å². The van der Waals surface area contributed by atoms with Crippen LogP contribution in [0.5, 0.6) is 0 Å². The summed E-state index contributed by atoms with van der Waals surface area (Å²) in [4.78, 5) is 11.4. The first-order valence-corrected chi connectivity index (χ1v) is 5.85. The zero-order chi connectivity index (χ0) is 13.0. The van der Waals surface area contributed by atoms with Crippen LogP contribution >= 0.6 is 0 Å². The van der Waals surface area contributed by atoms with E-state index in [0.29, 0.717) is 5.89 Å². The predicted molar refractivity (Wildman–Crippen MR) is 65.1 cm³/mol. The van der Waals surface area contributed by atoms with Crippen LogP contribution < -0.4 is 0 Å². The summed E-state index contributed by atoms with van der Waals surface area (Å²) in [6, 6.07) is 7.72. The van der Waals surface area contributed by atoms with E-state index in [-0.39, 0.29) is 12.5 Å². The van der Waals surface area contributed by atoms with Crippen molar-refractivity contribution in [1.82, 2.24) is 10.2 Å². The number of rotatable bonds is 4. The minimum absolute atomic E-state index is 0.113. The Hall–Kier alpha value is -2.17. The molecule has 0 aliphatic carbocycles. The topological polar surface area (TPSA) is 65.2 Å². The van der Waals surface area contributed by atoms with Gasteiger partial charge in [-0.1, -0.05) is 25.1 Å². The van der Waals surface area contributed by atoms with Gasteiger partial charge in [-0.3, -0.25) is 0 Å². The van der Waals surface area contributed by atoms with Crippen LogP contribution in [0.25, 0.3) is 11.5 Å². The molecule has 0 aliphatic rings. The van der Waals surface area contributed by atoms with Crippen molar-refractivity contribution in [3.63, 3.8) is 0 Å². The minimum atomic E-state index is -0.592. The molecule has 18 heavy (non-hydrogen) atoms. The molecule has 5 nitrogen and oxygen atoms in total. The number of aryl methyl sites for hydroxylation is 1. The van der Waals surface area contributed by atoms with Crippen molar-refractivity contribution in [1.29, 1.82) is 0 Å². The lowest BCUT2D eigenvalue weighted by Crippen LogP contribution is -2.04. The van der Waals surface area contributed by atoms with Crippen LogP contribution in [0, 0.1) is 0 Å². The van der Waals surface area contributed by atoms with E-state index in [9.17, 15) is 4.79 Å². The molecular weight excluding hydrogens is 232 g/mol. The SMILES string of the molecule is CCOC(=O)c1nnc(-c2ccccc2CC)o1. The van der Waals surface area contributed by atoms with Gasteiger partial charge in [-0.25, -0.2) is 4.79 Å². The fraction of sp³-hybridized carbons (Fsp3) is 0.308. The van der Waals surface area contributed by atoms with E-state index < -0.39 is 5.97 Å². The lowest BCUT2D eigenvalue weighted by atomic mass is 10.1. The molecule has 1 aromatic carbocycles. The maximum Gasteiger partial charge on any atom is 0.396 e.